The number of nitrogens with zero attached hydrogens (tertiary/aromatic N) is 3. The number of thioether (sulfide) groups is 1. The van der Waals surface area contributed by atoms with E-state index in [0.717, 1.165) is 56.2 Å². The fourth-order valence-electron chi connectivity index (χ4n) is 3.22. The average molecular weight is 382 g/mol. The minimum absolute atomic E-state index is 0.359. The second-order valence-electron chi connectivity index (χ2n) is 6.62. The first-order valence-electron chi connectivity index (χ1n) is 8.40. The van der Waals surface area contributed by atoms with E-state index in [0.29, 0.717) is 21.4 Å². The number of hydrogen-bond acceptors (Lipinski definition) is 5. The van der Waals surface area contributed by atoms with Gasteiger partial charge in [0, 0.05) is 30.8 Å². The van der Waals surface area contributed by atoms with Gasteiger partial charge < -0.3 is 21.1 Å². The third-order valence-electron chi connectivity index (χ3n) is 4.91. The monoisotopic (exact) mass is 381 g/mol. The predicted octanol–water partition coefficient (Wildman–Crippen LogP) is 2.71. The molecule has 2 aliphatic heterocycles. The number of halogens is 1. The molecule has 2 fully saturated rings. The summed E-state index contributed by atoms with van der Waals surface area (Å²) in [6, 6.07) is 1.83. The molecule has 25 heavy (non-hydrogen) atoms. The van der Waals surface area contributed by atoms with Crippen LogP contribution in [0.15, 0.2) is 33.4 Å². The van der Waals surface area contributed by atoms with Gasteiger partial charge in [0.05, 0.1) is 28.6 Å². The Balaban J connectivity index is 1.58. The largest absolute Gasteiger partial charge is 0.392 e. The zero-order chi connectivity index (χ0) is 17.9. The smallest absolute Gasteiger partial charge is 0.195 e. The van der Waals surface area contributed by atoms with Gasteiger partial charge in [0.1, 0.15) is 0 Å². The van der Waals surface area contributed by atoms with E-state index in [9.17, 15) is 0 Å². The van der Waals surface area contributed by atoms with E-state index in [2.05, 4.69) is 14.9 Å². The lowest BCUT2D eigenvalue weighted by Crippen LogP contribution is -2.46. The first kappa shape index (κ1) is 18.4. The number of aromatic nitrogens is 1. The molecular weight excluding hydrogens is 358 g/mol. The summed E-state index contributed by atoms with van der Waals surface area (Å²) >= 11 is 7.59. The van der Waals surface area contributed by atoms with Crippen molar-refractivity contribution >= 4 is 29.3 Å². The molecule has 3 heterocycles. The van der Waals surface area contributed by atoms with Gasteiger partial charge in [0.2, 0.25) is 0 Å². The van der Waals surface area contributed by atoms with Crippen molar-refractivity contribution in [3.63, 3.8) is 0 Å². The number of nitrogens with two attached hydrogens (primary N) is 2. The quantitative estimate of drug-likeness (QED) is 0.475. The third-order valence-corrected chi connectivity index (χ3v) is 6.40. The van der Waals surface area contributed by atoms with Gasteiger partial charge in [-0.3, -0.25) is 4.98 Å². The first-order chi connectivity index (χ1) is 12.0. The normalized spacial score (nSPS) is 21.1. The summed E-state index contributed by atoms with van der Waals surface area (Å²) in [5, 5.41) is 1.15. The van der Waals surface area contributed by atoms with Gasteiger partial charge in [-0.25, -0.2) is 4.99 Å². The number of rotatable bonds is 3. The molecule has 4 N–H and O–H groups in total. The van der Waals surface area contributed by atoms with Gasteiger partial charge in [-0.1, -0.05) is 23.4 Å². The number of likely N-dealkylation sites (tertiary alicyclic amines) is 1. The summed E-state index contributed by atoms with van der Waals surface area (Å²) < 4.78 is 5.56. The third kappa shape index (κ3) is 4.40. The highest BCUT2D eigenvalue weighted by Crippen LogP contribution is 2.39. The highest BCUT2D eigenvalue weighted by Gasteiger charge is 2.38. The molecule has 2 aliphatic rings. The molecule has 0 aromatic carbocycles. The summed E-state index contributed by atoms with van der Waals surface area (Å²) in [4.78, 5) is 11.4. The van der Waals surface area contributed by atoms with Crippen LogP contribution in [0.1, 0.15) is 25.0 Å². The van der Waals surface area contributed by atoms with Crippen LogP contribution in [0.25, 0.3) is 0 Å². The number of aryl methyl sites for hydroxylation is 1. The topological polar surface area (TPSA) is 89.8 Å². The first-order valence-corrected chi connectivity index (χ1v) is 9.59. The van der Waals surface area contributed by atoms with Crippen LogP contribution in [0.2, 0.25) is 5.02 Å². The number of pyridine rings is 1. The van der Waals surface area contributed by atoms with Gasteiger partial charge in [-0.2, -0.15) is 0 Å². The van der Waals surface area contributed by atoms with Crippen molar-refractivity contribution in [3.8, 4) is 0 Å². The van der Waals surface area contributed by atoms with Crippen LogP contribution in [0.4, 0.5) is 0 Å². The summed E-state index contributed by atoms with van der Waals surface area (Å²) in [7, 11) is 0. The predicted molar refractivity (Wildman–Crippen MR) is 102 cm³/mol. The van der Waals surface area contributed by atoms with Crippen molar-refractivity contribution in [3.05, 3.63) is 34.2 Å². The van der Waals surface area contributed by atoms with E-state index < -0.39 is 0 Å². The highest BCUT2D eigenvalue weighted by atomic mass is 35.5. The molecule has 0 saturated carbocycles. The summed E-state index contributed by atoms with van der Waals surface area (Å²) in [5.74, 6) is 0.509. The summed E-state index contributed by atoms with van der Waals surface area (Å²) in [6.07, 6.45) is 6.67. The molecule has 136 valence electrons. The molecule has 2 saturated heterocycles. The lowest BCUT2D eigenvalue weighted by Gasteiger charge is -2.38. The number of guanidine groups is 1. The Morgan fingerprint density at radius 1 is 1.40 bits per heavy atom. The van der Waals surface area contributed by atoms with Crippen molar-refractivity contribution < 1.29 is 4.74 Å². The lowest BCUT2D eigenvalue weighted by molar-refractivity contribution is 0.105. The average Bonchev–Trinajstić information content (AvgIpc) is 3.05. The minimum atomic E-state index is 0.359. The molecule has 1 spiro atoms. The van der Waals surface area contributed by atoms with Crippen LogP contribution >= 0.6 is 23.4 Å². The summed E-state index contributed by atoms with van der Waals surface area (Å²) in [5.41, 5.74) is 13.3. The fourth-order valence-corrected chi connectivity index (χ4v) is 4.18. The van der Waals surface area contributed by atoms with E-state index in [1.807, 2.05) is 13.0 Å². The molecule has 0 aliphatic carbocycles. The van der Waals surface area contributed by atoms with E-state index in [-0.39, 0.29) is 0 Å². The SMILES string of the molecule is Cc1nccc(S/C(N)=C/N=C(N)N2CCC3(CCOC3)CC2)c1Cl. The van der Waals surface area contributed by atoms with Gasteiger partial charge in [0.25, 0.3) is 0 Å². The molecule has 1 aromatic heterocycles. The fraction of sp³-hybridized carbons (Fsp3) is 0.529. The second-order valence-corrected chi connectivity index (χ2v) is 8.11. The van der Waals surface area contributed by atoms with E-state index in [4.69, 9.17) is 27.8 Å². The minimum Gasteiger partial charge on any atom is -0.392 e. The van der Waals surface area contributed by atoms with Gasteiger partial charge in [0.15, 0.2) is 5.96 Å². The second kappa shape index (κ2) is 7.85. The van der Waals surface area contributed by atoms with Gasteiger partial charge in [-0.15, -0.1) is 0 Å². The lowest BCUT2D eigenvalue weighted by atomic mass is 9.78. The maximum absolute atomic E-state index is 6.24. The van der Waals surface area contributed by atoms with Crippen LogP contribution in [-0.2, 0) is 4.74 Å². The Morgan fingerprint density at radius 2 is 2.16 bits per heavy atom. The van der Waals surface area contributed by atoms with Crippen LogP contribution in [-0.4, -0.2) is 42.1 Å². The zero-order valence-corrected chi connectivity index (χ0v) is 15.9. The molecule has 6 nitrogen and oxygen atoms in total. The Hall–Kier alpha value is -1.44. The highest BCUT2D eigenvalue weighted by molar-refractivity contribution is 8.03. The van der Waals surface area contributed by atoms with E-state index in [1.54, 1.807) is 12.4 Å². The van der Waals surface area contributed by atoms with Crippen molar-refractivity contribution in [1.29, 1.82) is 0 Å². The van der Waals surface area contributed by atoms with Crippen molar-refractivity contribution in [2.24, 2.45) is 21.9 Å². The molecule has 0 radical (unpaired) electrons. The van der Waals surface area contributed by atoms with Crippen LogP contribution < -0.4 is 11.5 Å². The Bertz CT molecular complexity index is 678. The molecule has 0 amide bonds. The summed E-state index contributed by atoms with van der Waals surface area (Å²) in [6.45, 7) is 5.45. The molecule has 0 bridgehead atoms. The van der Waals surface area contributed by atoms with Gasteiger partial charge >= 0.3 is 0 Å². The van der Waals surface area contributed by atoms with Gasteiger partial charge in [-0.05, 0) is 37.7 Å². The van der Waals surface area contributed by atoms with Crippen LogP contribution in [0.5, 0.6) is 0 Å². The Labute approximate surface area is 157 Å². The molecule has 0 atom stereocenters. The number of piperidine rings is 1. The number of aliphatic imine (C=N–C) groups is 1. The number of ether oxygens (including phenoxy) is 1. The molecule has 8 heteroatoms. The zero-order valence-electron chi connectivity index (χ0n) is 14.4. The van der Waals surface area contributed by atoms with Crippen molar-refractivity contribution in [1.82, 2.24) is 9.88 Å². The van der Waals surface area contributed by atoms with Crippen LogP contribution in [0, 0.1) is 12.3 Å². The molecule has 1 aromatic rings. The standard InChI is InChI=1S/C17H24ClN5OS/c1-12-15(18)13(2-6-21-12)25-14(19)10-22-16(20)23-7-3-17(4-8-23)5-9-24-11-17/h2,6,10H,3-5,7-9,11,19H2,1H3,(H2,20,22)/b14-10+. The van der Waals surface area contributed by atoms with E-state index in [1.165, 1.54) is 11.8 Å². The van der Waals surface area contributed by atoms with Crippen molar-refractivity contribution in [2.75, 3.05) is 26.3 Å². The number of hydrogen-bond donors (Lipinski definition) is 2. The molecular formula is C17H24ClN5OS. The molecule has 3 rings (SSSR count). The maximum atomic E-state index is 6.24. The van der Waals surface area contributed by atoms with Crippen molar-refractivity contribution in [2.45, 2.75) is 31.1 Å². The Morgan fingerprint density at radius 3 is 2.84 bits per heavy atom. The van der Waals surface area contributed by atoms with Crippen LogP contribution in [0.3, 0.4) is 0 Å². The molecule has 0 unspecified atom stereocenters. The maximum Gasteiger partial charge on any atom is 0.195 e. The Kier molecular flexibility index (Phi) is 5.76. The van der Waals surface area contributed by atoms with E-state index >= 15 is 0 Å².